The number of amides is 2. The summed E-state index contributed by atoms with van der Waals surface area (Å²) in [5, 5.41) is 20.2. The SMILES string of the molecule is NCc1ccc(CNC(=O)[C@@H](CCCN=C(N)N)NC(=O)C(c2ccccc2)c2ccccc2)cc1.O=C(O)C(F)(F)F.O=C(O)C(F)(F)F. The third kappa shape index (κ3) is 16.4. The number of hydrogen-bond acceptors (Lipinski definition) is 6. The van der Waals surface area contributed by atoms with E-state index < -0.39 is 36.3 Å². The lowest BCUT2D eigenvalue weighted by atomic mass is 9.90. The molecule has 18 heteroatoms. The number of hydrogen-bond donors (Lipinski definition) is 7. The van der Waals surface area contributed by atoms with Crippen molar-refractivity contribution in [1.29, 1.82) is 0 Å². The van der Waals surface area contributed by atoms with E-state index in [2.05, 4.69) is 15.6 Å². The van der Waals surface area contributed by atoms with Crippen molar-refractivity contribution in [2.24, 2.45) is 22.2 Å². The van der Waals surface area contributed by atoms with Gasteiger partial charge in [0.1, 0.15) is 6.04 Å². The van der Waals surface area contributed by atoms with Crippen molar-refractivity contribution < 1.29 is 55.7 Å². The number of nitrogens with two attached hydrogens (primary N) is 3. The Morgan fingerprint density at radius 1 is 0.700 bits per heavy atom. The number of carbonyl (C=O) groups is 4. The Labute approximate surface area is 282 Å². The first-order valence-electron chi connectivity index (χ1n) is 14.5. The number of benzene rings is 3. The fourth-order valence-electron chi connectivity index (χ4n) is 3.92. The van der Waals surface area contributed by atoms with Gasteiger partial charge in [0, 0.05) is 19.6 Å². The lowest BCUT2D eigenvalue weighted by Crippen LogP contribution is -2.48. The number of rotatable bonds is 12. The highest BCUT2D eigenvalue weighted by atomic mass is 19.4. The average Bonchev–Trinajstić information content (AvgIpc) is 3.06. The molecule has 272 valence electrons. The first-order chi connectivity index (χ1) is 23.4. The van der Waals surface area contributed by atoms with Crippen molar-refractivity contribution in [3.63, 3.8) is 0 Å². The monoisotopic (exact) mass is 714 g/mol. The summed E-state index contributed by atoms with van der Waals surface area (Å²) in [6, 6.07) is 26.0. The maximum atomic E-state index is 13.6. The number of alkyl halides is 6. The lowest BCUT2D eigenvalue weighted by Gasteiger charge is -2.23. The molecule has 0 aromatic heterocycles. The minimum atomic E-state index is -5.08. The molecule has 0 spiro atoms. The van der Waals surface area contributed by atoms with Crippen LogP contribution in [0, 0.1) is 0 Å². The van der Waals surface area contributed by atoms with Crippen molar-refractivity contribution in [2.75, 3.05) is 6.54 Å². The smallest absolute Gasteiger partial charge is 0.475 e. The predicted molar refractivity (Wildman–Crippen MR) is 170 cm³/mol. The quantitative estimate of drug-likeness (QED) is 0.0631. The highest BCUT2D eigenvalue weighted by Gasteiger charge is 2.39. The largest absolute Gasteiger partial charge is 0.490 e. The zero-order chi connectivity index (χ0) is 37.9. The fourth-order valence-corrected chi connectivity index (χ4v) is 3.92. The van der Waals surface area contributed by atoms with Crippen LogP contribution < -0.4 is 27.8 Å². The lowest BCUT2D eigenvalue weighted by molar-refractivity contribution is -0.193. The summed E-state index contributed by atoms with van der Waals surface area (Å²) in [5.41, 5.74) is 20.2. The number of carboxylic acids is 2. The third-order valence-electron chi connectivity index (χ3n) is 6.32. The second-order valence-corrected chi connectivity index (χ2v) is 10.1. The second kappa shape index (κ2) is 20.7. The van der Waals surface area contributed by atoms with Crippen LogP contribution in [0.15, 0.2) is 89.9 Å². The van der Waals surface area contributed by atoms with Gasteiger partial charge in [0.25, 0.3) is 0 Å². The van der Waals surface area contributed by atoms with Gasteiger partial charge in [-0.05, 0) is 35.1 Å². The van der Waals surface area contributed by atoms with E-state index in [9.17, 15) is 35.9 Å². The van der Waals surface area contributed by atoms with Crippen molar-refractivity contribution in [2.45, 2.75) is 50.2 Å². The van der Waals surface area contributed by atoms with Crippen LogP contribution in [-0.2, 0) is 32.3 Å². The van der Waals surface area contributed by atoms with E-state index in [1.54, 1.807) is 0 Å². The van der Waals surface area contributed by atoms with E-state index in [-0.39, 0.29) is 17.8 Å². The van der Waals surface area contributed by atoms with Gasteiger partial charge in [0.2, 0.25) is 11.8 Å². The molecule has 2 amide bonds. The number of aliphatic carboxylic acids is 2. The molecular formula is C32H36F6N6O6. The highest BCUT2D eigenvalue weighted by molar-refractivity contribution is 5.92. The van der Waals surface area contributed by atoms with Gasteiger partial charge in [-0.1, -0.05) is 84.9 Å². The number of nitrogens with zero attached hydrogens (tertiary/aromatic N) is 1. The van der Waals surface area contributed by atoms with Crippen LogP contribution in [0.5, 0.6) is 0 Å². The van der Waals surface area contributed by atoms with Crippen LogP contribution in [0.4, 0.5) is 26.3 Å². The maximum absolute atomic E-state index is 13.6. The van der Waals surface area contributed by atoms with Crippen molar-refractivity contribution in [3.05, 3.63) is 107 Å². The first-order valence-corrected chi connectivity index (χ1v) is 14.5. The molecule has 3 rings (SSSR count). The molecule has 1 atom stereocenters. The van der Waals surface area contributed by atoms with Gasteiger partial charge >= 0.3 is 24.3 Å². The fraction of sp³-hybridized carbons (Fsp3) is 0.281. The van der Waals surface area contributed by atoms with Gasteiger partial charge < -0.3 is 38.0 Å². The molecule has 50 heavy (non-hydrogen) atoms. The Kier molecular flexibility index (Phi) is 17.5. The van der Waals surface area contributed by atoms with Gasteiger partial charge in [-0.2, -0.15) is 26.3 Å². The molecule has 10 N–H and O–H groups in total. The van der Waals surface area contributed by atoms with E-state index in [1.165, 1.54) is 0 Å². The summed E-state index contributed by atoms with van der Waals surface area (Å²) in [4.78, 5) is 48.5. The Hall–Kier alpha value is -5.65. The van der Waals surface area contributed by atoms with E-state index >= 15 is 0 Å². The van der Waals surface area contributed by atoms with E-state index in [0.717, 1.165) is 22.3 Å². The standard InChI is InChI=1S/C28H34N6O2.2C2HF3O2/c29-18-20-13-15-21(16-14-20)19-33-26(35)24(12-7-17-32-28(30)31)34-27(36)25(22-8-3-1-4-9-22)23-10-5-2-6-11-23;2*3-2(4,5)1(6)7/h1-6,8-11,13-16,24-25H,7,12,17-19,29H2,(H,33,35)(H,34,36)(H4,30,31,32);2*(H,6,7)/t24-;;/m1../s1. The third-order valence-corrected chi connectivity index (χ3v) is 6.32. The van der Waals surface area contributed by atoms with Crippen LogP contribution >= 0.6 is 0 Å². The molecular weight excluding hydrogens is 678 g/mol. The molecule has 0 radical (unpaired) electrons. The van der Waals surface area contributed by atoms with Crippen molar-refractivity contribution in [3.8, 4) is 0 Å². The van der Waals surface area contributed by atoms with Crippen LogP contribution in [0.3, 0.4) is 0 Å². The van der Waals surface area contributed by atoms with Crippen molar-refractivity contribution in [1.82, 2.24) is 10.6 Å². The van der Waals surface area contributed by atoms with Crippen molar-refractivity contribution >= 4 is 29.7 Å². The highest BCUT2D eigenvalue weighted by Crippen LogP contribution is 2.25. The van der Waals surface area contributed by atoms with Crippen LogP contribution in [-0.4, -0.2) is 64.9 Å². The van der Waals surface area contributed by atoms with Gasteiger partial charge in [-0.3, -0.25) is 14.6 Å². The number of guanidine groups is 1. The topological polar surface area (TPSA) is 223 Å². The first kappa shape index (κ1) is 42.4. The van der Waals surface area contributed by atoms with Gasteiger partial charge in [-0.25, -0.2) is 9.59 Å². The minimum Gasteiger partial charge on any atom is -0.475 e. The summed E-state index contributed by atoms with van der Waals surface area (Å²) in [6.45, 7) is 1.16. The minimum absolute atomic E-state index is 0.00539. The van der Waals surface area contributed by atoms with E-state index in [1.807, 2.05) is 84.9 Å². The molecule has 0 heterocycles. The van der Waals surface area contributed by atoms with Crippen LogP contribution in [0.1, 0.15) is 41.0 Å². The summed E-state index contributed by atoms with van der Waals surface area (Å²) in [6.07, 6.45) is -9.25. The Balaban J connectivity index is 0.000000748. The molecule has 0 fully saturated rings. The van der Waals surface area contributed by atoms with Gasteiger partial charge in [0.05, 0.1) is 5.92 Å². The van der Waals surface area contributed by atoms with Crippen LogP contribution in [0.25, 0.3) is 0 Å². The number of halogens is 6. The normalized spacial score (nSPS) is 11.4. The Morgan fingerprint density at radius 2 is 1.12 bits per heavy atom. The zero-order valence-corrected chi connectivity index (χ0v) is 26.2. The van der Waals surface area contributed by atoms with E-state index in [0.29, 0.717) is 32.5 Å². The molecule has 0 saturated carbocycles. The zero-order valence-electron chi connectivity index (χ0n) is 26.2. The molecule has 0 aliphatic heterocycles. The van der Waals surface area contributed by atoms with Crippen LogP contribution in [0.2, 0.25) is 0 Å². The average molecular weight is 715 g/mol. The number of carboxylic acid groups (broad SMARTS) is 2. The summed E-state index contributed by atoms with van der Waals surface area (Å²) < 4.78 is 63.5. The molecule has 0 unspecified atom stereocenters. The molecule has 0 bridgehead atoms. The molecule has 12 nitrogen and oxygen atoms in total. The Bertz CT molecular complexity index is 1470. The molecule has 0 aliphatic carbocycles. The second-order valence-electron chi connectivity index (χ2n) is 10.1. The van der Waals surface area contributed by atoms with Gasteiger partial charge in [-0.15, -0.1) is 0 Å². The molecule has 3 aromatic carbocycles. The summed E-state index contributed by atoms with van der Waals surface area (Å²) in [7, 11) is 0. The predicted octanol–water partition coefficient (Wildman–Crippen LogP) is 3.40. The summed E-state index contributed by atoms with van der Waals surface area (Å²) in [5.74, 6) is -6.59. The van der Waals surface area contributed by atoms with Gasteiger partial charge in [0.15, 0.2) is 5.96 Å². The number of aliphatic imine (C=N–C) groups is 1. The van der Waals surface area contributed by atoms with E-state index in [4.69, 9.17) is 37.0 Å². The maximum Gasteiger partial charge on any atom is 0.490 e. The summed E-state index contributed by atoms with van der Waals surface area (Å²) >= 11 is 0. The molecule has 0 saturated heterocycles. The molecule has 0 aliphatic rings. The number of carbonyl (C=O) groups excluding carboxylic acids is 2. The number of nitrogens with one attached hydrogen (secondary N) is 2. The molecule has 3 aromatic rings. The Morgan fingerprint density at radius 3 is 1.50 bits per heavy atom.